The predicted octanol–water partition coefficient (Wildman–Crippen LogP) is 5.39. The Bertz CT molecular complexity index is 1790. The number of carbonyl (C=O) groups is 1. The molecule has 1 amide bonds. The van der Waals surface area contributed by atoms with E-state index in [1.807, 2.05) is 43.3 Å². The Hall–Kier alpha value is -3.64. The van der Waals surface area contributed by atoms with E-state index in [1.54, 1.807) is 19.4 Å². The first-order chi connectivity index (χ1) is 22.8. The van der Waals surface area contributed by atoms with Gasteiger partial charge in [0.05, 0.1) is 53.6 Å². The van der Waals surface area contributed by atoms with Gasteiger partial charge in [-0.3, -0.25) is 19.6 Å². The fraction of sp³-hybridized carbons (Fsp3) is 0.371. The second kappa shape index (κ2) is 14.6. The van der Waals surface area contributed by atoms with Gasteiger partial charge in [0.1, 0.15) is 11.4 Å². The van der Waals surface area contributed by atoms with Gasteiger partial charge in [-0.25, -0.2) is 9.97 Å². The van der Waals surface area contributed by atoms with E-state index in [4.69, 9.17) is 37.9 Å². The quantitative estimate of drug-likeness (QED) is 0.203. The van der Waals surface area contributed by atoms with Crippen molar-refractivity contribution in [1.29, 1.82) is 0 Å². The molecule has 4 heterocycles. The Morgan fingerprint density at radius 1 is 1.06 bits per heavy atom. The number of fused-ring (bicyclic) bond motifs is 1. The van der Waals surface area contributed by atoms with Gasteiger partial charge in [-0.2, -0.15) is 0 Å². The number of nitrogens with one attached hydrogen (secondary N) is 1. The highest BCUT2D eigenvalue weighted by molar-refractivity contribution is 6.39. The number of benzene rings is 2. The molecule has 6 rings (SSSR count). The van der Waals surface area contributed by atoms with Crippen molar-refractivity contribution >= 4 is 34.8 Å². The maximum absolute atomic E-state index is 13.4. The molecule has 3 N–H and O–H groups in total. The largest absolute Gasteiger partial charge is 0.480 e. The summed E-state index contributed by atoms with van der Waals surface area (Å²) in [5.41, 5.74) is 6.99. The number of aliphatic hydroxyl groups is 2. The number of amides is 1. The van der Waals surface area contributed by atoms with Crippen molar-refractivity contribution < 1.29 is 19.7 Å². The Labute approximate surface area is 284 Å². The lowest BCUT2D eigenvalue weighted by Crippen LogP contribution is -2.34. The normalized spacial score (nSPS) is 16.7. The van der Waals surface area contributed by atoms with Crippen LogP contribution in [-0.4, -0.2) is 86.9 Å². The minimum absolute atomic E-state index is 0.0788. The molecule has 2 aliphatic rings. The average Bonchev–Trinajstić information content (AvgIpc) is 3.53. The topological polar surface area (TPSA) is 124 Å². The minimum atomic E-state index is -0.365. The van der Waals surface area contributed by atoms with Crippen LogP contribution in [0.15, 0.2) is 48.7 Å². The van der Waals surface area contributed by atoms with Gasteiger partial charge < -0.3 is 20.3 Å². The molecule has 0 aliphatic carbocycles. The molecular formula is C35H38Cl2N6O4. The first kappa shape index (κ1) is 33.3. The van der Waals surface area contributed by atoms with Crippen molar-refractivity contribution in [2.75, 3.05) is 45.3 Å². The van der Waals surface area contributed by atoms with E-state index in [0.29, 0.717) is 75.0 Å². The highest BCUT2D eigenvalue weighted by atomic mass is 35.5. The zero-order chi connectivity index (χ0) is 33.1. The summed E-state index contributed by atoms with van der Waals surface area (Å²) in [6, 6.07) is 12.9. The number of anilines is 1. The van der Waals surface area contributed by atoms with Crippen molar-refractivity contribution in [2.45, 2.75) is 45.3 Å². The van der Waals surface area contributed by atoms with Crippen LogP contribution in [0.1, 0.15) is 45.8 Å². The third-order valence-electron chi connectivity index (χ3n) is 9.01. The molecule has 1 saturated heterocycles. The lowest BCUT2D eigenvalue weighted by molar-refractivity contribution is 0.102. The summed E-state index contributed by atoms with van der Waals surface area (Å²) < 4.78 is 5.62. The Balaban J connectivity index is 1.25. The van der Waals surface area contributed by atoms with Crippen molar-refractivity contribution in [3.63, 3.8) is 0 Å². The molecule has 0 bridgehead atoms. The molecule has 12 heteroatoms. The summed E-state index contributed by atoms with van der Waals surface area (Å²) >= 11 is 13.9. The number of β-amino-alcohol motifs (C(OH)–C–C–N with tert-alkyl or cyclic N) is 1. The highest BCUT2D eigenvalue weighted by Crippen LogP contribution is 2.41. The zero-order valence-electron chi connectivity index (χ0n) is 26.5. The maximum Gasteiger partial charge on any atom is 0.274 e. The Kier molecular flexibility index (Phi) is 10.4. The summed E-state index contributed by atoms with van der Waals surface area (Å²) in [5, 5.41) is 22.8. The van der Waals surface area contributed by atoms with E-state index >= 15 is 0 Å². The second-order valence-corrected chi connectivity index (χ2v) is 12.7. The van der Waals surface area contributed by atoms with Gasteiger partial charge in [0.25, 0.3) is 5.91 Å². The van der Waals surface area contributed by atoms with E-state index in [2.05, 4.69) is 20.1 Å². The van der Waals surface area contributed by atoms with Crippen LogP contribution in [0.2, 0.25) is 10.0 Å². The van der Waals surface area contributed by atoms with Crippen LogP contribution < -0.4 is 10.1 Å². The van der Waals surface area contributed by atoms with Crippen LogP contribution in [0.3, 0.4) is 0 Å². The number of methoxy groups -OCH3 is 1. The van der Waals surface area contributed by atoms with E-state index in [-0.39, 0.29) is 25.2 Å². The molecule has 2 aromatic heterocycles. The van der Waals surface area contributed by atoms with Crippen LogP contribution in [0, 0.1) is 6.92 Å². The number of hydrogen-bond donors (Lipinski definition) is 3. The number of halogens is 2. The van der Waals surface area contributed by atoms with E-state index in [9.17, 15) is 15.0 Å². The molecule has 0 saturated carbocycles. The summed E-state index contributed by atoms with van der Waals surface area (Å²) in [5.74, 6) is 0.0400. The summed E-state index contributed by atoms with van der Waals surface area (Å²) in [7, 11) is 1.56. The number of carbonyl (C=O) groups excluding carboxylic acids is 1. The number of ether oxygens (including phenoxy) is 1. The molecule has 1 unspecified atom stereocenters. The fourth-order valence-electron chi connectivity index (χ4n) is 6.51. The monoisotopic (exact) mass is 676 g/mol. The standard InChI is InChI=1S/C35H38Cl2N6O4/c1-21-16-28(39-30-18-42(14-15-44)13-11-23(21)30)34(46)40-27-10-4-8-25(33(27)37)24-7-3-9-26(32(24)36)29-17-38-31(35(41-29)47-2)19-43-12-5-6-22(43)20-45/h3-4,7-10,16-17,22,44-45H,5-6,11-15,18-20H2,1-2H3,(H,40,46). The number of aromatic nitrogens is 3. The van der Waals surface area contributed by atoms with Gasteiger partial charge in [0, 0.05) is 48.9 Å². The molecule has 0 spiro atoms. The van der Waals surface area contributed by atoms with Gasteiger partial charge >= 0.3 is 0 Å². The molecule has 246 valence electrons. The molecule has 2 aromatic carbocycles. The molecule has 1 atom stereocenters. The molecular weight excluding hydrogens is 639 g/mol. The molecule has 0 radical (unpaired) electrons. The molecule has 47 heavy (non-hydrogen) atoms. The van der Waals surface area contributed by atoms with Gasteiger partial charge in [-0.15, -0.1) is 0 Å². The lowest BCUT2D eigenvalue weighted by atomic mass is 9.98. The number of pyridine rings is 1. The van der Waals surface area contributed by atoms with Crippen LogP contribution in [-0.2, 0) is 19.5 Å². The molecule has 1 fully saturated rings. The van der Waals surface area contributed by atoms with Crippen LogP contribution in [0.4, 0.5) is 5.69 Å². The zero-order valence-corrected chi connectivity index (χ0v) is 28.0. The third-order valence-corrected chi connectivity index (χ3v) is 9.83. The Morgan fingerprint density at radius 2 is 1.83 bits per heavy atom. The van der Waals surface area contributed by atoms with E-state index in [1.165, 1.54) is 0 Å². The summed E-state index contributed by atoms with van der Waals surface area (Å²) in [6.45, 7) is 5.61. The van der Waals surface area contributed by atoms with Crippen LogP contribution >= 0.6 is 23.2 Å². The van der Waals surface area contributed by atoms with Crippen LogP contribution in [0.25, 0.3) is 22.4 Å². The molecule has 4 aromatic rings. The molecule has 2 aliphatic heterocycles. The fourth-order valence-corrected chi connectivity index (χ4v) is 7.11. The number of aryl methyl sites for hydroxylation is 1. The van der Waals surface area contributed by atoms with Crippen molar-refractivity contribution in [3.8, 4) is 28.3 Å². The van der Waals surface area contributed by atoms with Gasteiger partial charge in [-0.1, -0.05) is 53.5 Å². The minimum Gasteiger partial charge on any atom is -0.480 e. The maximum atomic E-state index is 13.4. The average molecular weight is 678 g/mol. The highest BCUT2D eigenvalue weighted by Gasteiger charge is 2.26. The van der Waals surface area contributed by atoms with Crippen molar-refractivity contribution in [3.05, 3.63) is 86.9 Å². The smallest absolute Gasteiger partial charge is 0.274 e. The third kappa shape index (κ3) is 6.99. The number of likely N-dealkylation sites (tertiary alicyclic amines) is 1. The van der Waals surface area contributed by atoms with Gasteiger partial charge in [0.2, 0.25) is 5.88 Å². The molecule has 10 nitrogen and oxygen atoms in total. The number of nitrogens with zero attached hydrogens (tertiary/aromatic N) is 5. The second-order valence-electron chi connectivity index (χ2n) is 11.9. The number of rotatable bonds is 10. The van der Waals surface area contributed by atoms with Crippen molar-refractivity contribution in [1.82, 2.24) is 24.8 Å². The van der Waals surface area contributed by atoms with E-state index < -0.39 is 0 Å². The van der Waals surface area contributed by atoms with Crippen LogP contribution in [0.5, 0.6) is 5.88 Å². The first-order valence-electron chi connectivity index (χ1n) is 15.8. The number of hydrogen-bond acceptors (Lipinski definition) is 9. The summed E-state index contributed by atoms with van der Waals surface area (Å²) in [6.07, 6.45) is 4.50. The van der Waals surface area contributed by atoms with E-state index in [0.717, 1.165) is 49.2 Å². The first-order valence-corrected chi connectivity index (χ1v) is 16.5. The van der Waals surface area contributed by atoms with Gasteiger partial charge in [-0.05, 0) is 56.0 Å². The number of aliphatic hydroxyl groups excluding tert-OH is 2. The predicted molar refractivity (Wildman–Crippen MR) is 183 cm³/mol. The van der Waals surface area contributed by atoms with Crippen molar-refractivity contribution in [2.24, 2.45) is 0 Å². The summed E-state index contributed by atoms with van der Waals surface area (Å²) in [4.78, 5) is 31.9. The Morgan fingerprint density at radius 3 is 2.60 bits per heavy atom. The SMILES string of the molecule is COc1nc(-c2cccc(-c3cccc(NC(=O)c4cc(C)c5c(n4)CN(CCO)CC5)c3Cl)c2Cl)cnc1CN1CCCC1CO. The van der Waals surface area contributed by atoms with Gasteiger partial charge in [0.15, 0.2) is 0 Å². The lowest BCUT2D eigenvalue weighted by Gasteiger charge is -2.28.